The second-order valence-corrected chi connectivity index (χ2v) is 6.11. The second-order valence-electron chi connectivity index (χ2n) is 6.11. The molecular formula is C19H20N2O2. The lowest BCUT2D eigenvalue weighted by atomic mass is 10.1. The molecule has 0 aliphatic carbocycles. The predicted octanol–water partition coefficient (Wildman–Crippen LogP) is 4.24. The van der Waals surface area contributed by atoms with Crippen LogP contribution in [0.2, 0.25) is 0 Å². The number of carbonyl (C=O) groups excluding carboxylic acids is 1. The van der Waals surface area contributed by atoms with E-state index < -0.39 is 0 Å². The van der Waals surface area contributed by atoms with Crippen molar-refractivity contribution in [3.8, 4) is 0 Å². The van der Waals surface area contributed by atoms with Crippen molar-refractivity contribution >= 4 is 22.6 Å². The zero-order chi connectivity index (χ0) is 16.6. The van der Waals surface area contributed by atoms with Crippen LogP contribution in [0.1, 0.15) is 27.9 Å². The van der Waals surface area contributed by atoms with E-state index in [4.69, 9.17) is 4.52 Å². The molecule has 0 aliphatic rings. The summed E-state index contributed by atoms with van der Waals surface area (Å²) in [5.74, 6) is -0.0922. The van der Waals surface area contributed by atoms with Gasteiger partial charge in [0.2, 0.25) is 5.91 Å². The predicted molar refractivity (Wildman–Crippen MR) is 91.7 cm³/mol. The molecule has 0 spiro atoms. The first-order valence-electron chi connectivity index (χ1n) is 7.66. The number of anilines is 1. The van der Waals surface area contributed by atoms with Crippen LogP contribution in [-0.2, 0) is 11.2 Å². The summed E-state index contributed by atoms with van der Waals surface area (Å²) in [5.41, 5.74) is 6.77. The standard InChI is InChI=1S/C19H20N2O2/c1-11-5-6-16(14(4)7-11)20-19(22)10-17-15-8-12(2)13(3)9-18(15)23-21-17/h5-9H,10H2,1-4H3,(H,20,22). The van der Waals surface area contributed by atoms with Crippen LogP contribution >= 0.6 is 0 Å². The van der Waals surface area contributed by atoms with Gasteiger partial charge < -0.3 is 9.84 Å². The van der Waals surface area contributed by atoms with Gasteiger partial charge in [-0.15, -0.1) is 0 Å². The lowest BCUT2D eigenvalue weighted by Crippen LogP contribution is -2.15. The largest absolute Gasteiger partial charge is 0.356 e. The number of aryl methyl sites for hydroxylation is 4. The molecule has 4 heteroatoms. The molecule has 2 aromatic carbocycles. The van der Waals surface area contributed by atoms with Crippen molar-refractivity contribution in [2.45, 2.75) is 34.1 Å². The van der Waals surface area contributed by atoms with Gasteiger partial charge in [-0.1, -0.05) is 22.9 Å². The average molecular weight is 308 g/mol. The van der Waals surface area contributed by atoms with Crippen molar-refractivity contribution in [1.82, 2.24) is 5.16 Å². The minimum atomic E-state index is -0.0922. The molecule has 0 saturated carbocycles. The van der Waals surface area contributed by atoms with Gasteiger partial charge in [-0.25, -0.2) is 0 Å². The van der Waals surface area contributed by atoms with Gasteiger partial charge in [0, 0.05) is 11.1 Å². The van der Waals surface area contributed by atoms with Gasteiger partial charge in [0.15, 0.2) is 5.58 Å². The summed E-state index contributed by atoms with van der Waals surface area (Å²) in [7, 11) is 0. The molecule has 0 saturated heterocycles. The van der Waals surface area contributed by atoms with Crippen molar-refractivity contribution in [3.05, 3.63) is 58.3 Å². The summed E-state index contributed by atoms with van der Waals surface area (Å²) < 4.78 is 5.35. The third-order valence-corrected chi connectivity index (χ3v) is 4.14. The molecule has 1 amide bonds. The third-order valence-electron chi connectivity index (χ3n) is 4.14. The van der Waals surface area contributed by atoms with Crippen LogP contribution in [0, 0.1) is 27.7 Å². The normalized spacial score (nSPS) is 11.0. The van der Waals surface area contributed by atoms with Gasteiger partial charge >= 0.3 is 0 Å². The Hall–Kier alpha value is -2.62. The fraction of sp³-hybridized carbons (Fsp3) is 0.263. The number of aromatic nitrogens is 1. The Morgan fingerprint density at radius 3 is 2.52 bits per heavy atom. The average Bonchev–Trinajstić information content (AvgIpc) is 2.85. The number of nitrogens with one attached hydrogen (secondary N) is 1. The number of nitrogens with zero attached hydrogens (tertiary/aromatic N) is 1. The Morgan fingerprint density at radius 1 is 1.04 bits per heavy atom. The van der Waals surface area contributed by atoms with Gasteiger partial charge in [0.25, 0.3) is 0 Å². The number of fused-ring (bicyclic) bond motifs is 1. The summed E-state index contributed by atoms with van der Waals surface area (Å²) in [6, 6.07) is 9.95. The van der Waals surface area contributed by atoms with Crippen LogP contribution in [-0.4, -0.2) is 11.1 Å². The molecule has 4 nitrogen and oxygen atoms in total. The number of hydrogen-bond donors (Lipinski definition) is 1. The Kier molecular flexibility index (Phi) is 3.90. The van der Waals surface area contributed by atoms with Crippen LogP contribution in [0.3, 0.4) is 0 Å². The number of hydrogen-bond acceptors (Lipinski definition) is 3. The topological polar surface area (TPSA) is 55.1 Å². The number of rotatable bonds is 3. The van der Waals surface area contributed by atoms with Gasteiger partial charge in [-0.05, 0) is 62.6 Å². The van der Waals surface area contributed by atoms with Gasteiger partial charge in [-0.3, -0.25) is 4.79 Å². The first-order chi connectivity index (χ1) is 10.9. The third kappa shape index (κ3) is 3.11. The van der Waals surface area contributed by atoms with Crippen LogP contribution in [0.4, 0.5) is 5.69 Å². The minimum absolute atomic E-state index is 0.0922. The summed E-state index contributed by atoms with van der Waals surface area (Å²) in [5, 5.41) is 7.91. The lowest BCUT2D eigenvalue weighted by molar-refractivity contribution is -0.115. The Morgan fingerprint density at radius 2 is 1.78 bits per heavy atom. The van der Waals surface area contributed by atoms with E-state index in [0.29, 0.717) is 5.69 Å². The Balaban J connectivity index is 1.81. The summed E-state index contributed by atoms with van der Waals surface area (Å²) in [6.45, 7) is 8.09. The zero-order valence-electron chi connectivity index (χ0n) is 13.9. The quantitative estimate of drug-likeness (QED) is 0.787. The molecule has 0 aliphatic heterocycles. The van der Waals surface area contributed by atoms with E-state index in [9.17, 15) is 4.79 Å². The van der Waals surface area contributed by atoms with Crippen LogP contribution in [0.25, 0.3) is 11.0 Å². The SMILES string of the molecule is Cc1ccc(NC(=O)Cc2noc3cc(C)c(C)cc23)c(C)c1. The maximum Gasteiger partial charge on any atom is 0.230 e. The van der Waals surface area contributed by atoms with Crippen LogP contribution in [0.15, 0.2) is 34.9 Å². The first kappa shape index (κ1) is 15.3. The molecule has 3 rings (SSSR count). The fourth-order valence-electron chi connectivity index (χ4n) is 2.67. The van der Waals surface area contributed by atoms with Crippen molar-refractivity contribution < 1.29 is 9.32 Å². The van der Waals surface area contributed by atoms with Gasteiger partial charge in [0.05, 0.1) is 6.42 Å². The highest BCUT2D eigenvalue weighted by atomic mass is 16.5. The van der Waals surface area contributed by atoms with E-state index in [1.165, 1.54) is 5.56 Å². The molecule has 0 fully saturated rings. The van der Waals surface area contributed by atoms with E-state index in [1.807, 2.05) is 58.0 Å². The summed E-state index contributed by atoms with van der Waals surface area (Å²) >= 11 is 0. The highest BCUT2D eigenvalue weighted by Gasteiger charge is 2.14. The van der Waals surface area contributed by atoms with Crippen molar-refractivity contribution in [2.75, 3.05) is 5.32 Å². The van der Waals surface area contributed by atoms with E-state index in [2.05, 4.69) is 10.5 Å². The molecule has 23 heavy (non-hydrogen) atoms. The molecule has 0 bridgehead atoms. The summed E-state index contributed by atoms with van der Waals surface area (Å²) in [6.07, 6.45) is 0.197. The zero-order valence-corrected chi connectivity index (χ0v) is 13.9. The van der Waals surface area contributed by atoms with Crippen molar-refractivity contribution in [3.63, 3.8) is 0 Å². The smallest absolute Gasteiger partial charge is 0.230 e. The first-order valence-corrected chi connectivity index (χ1v) is 7.66. The molecule has 0 unspecified atom stereocenters. The number of benzene rings is 2. The van der Waals surface area contributed by atoms with E-state index in [1.54, 1.807) is 0 Å². The van der Waals surface area contributed by atoms with Crippen molar-refractivity contribution in [1.29, 1.82) is 0 Å². The number of amides is 1. The number of carbonyl (C=O) groups is 1. The molecule has 0 radical (unpaired) electrons. The van der Waals surface area contributed by atoms with E-state index in [-0.39, 0.29) is 12.3 Å². The Bertz CT molecular complexity index is 894. The monoisotopic (exact) mass is 308 g/mol. The lowest BCUT2D eigenvalue weighted by Gasteiger charge is -2.08. The fourth-order valence-corrected chi connectivity index (χ4v) is 2.67. The molecule has 1 N–H and O–H groups in total. The highest BCUT2D eigenvalue weighted by Crippen LogP contribution is 2.23. The minimum Gasteiger partial charge on any atom is -0.356 e. The van der Waals surface area contributed by atoms with Crippen LogP contribution < -0.4 is 5.32 Å². The van der Waals surface area contributed by atoms with Crippen LogP contribution in [0.5, 0.6) is 0 Å². The van der Waals surface area contributed by atoms with Gasteiger partial charge in [0.1, 0.15) is 5.69 Å². The molecule has 118 valence electrons. The second kappa shape index (κ2) is 5.88. The maximum atomic E-state index is 12.3. The maximum absolute atomic E-state index is 12.3. The summed E-state index contributed by atoms with van der Waals surface area (Å²) in [4.78, 5) is 12.3. The van der Waals surface area contributed by atoms with Crippen molar-refractivity contribution in [2.24, 2.45) is 0 Å². The molecular weight excluding hydrogens is 288 g/mol. The molecule has 1 aromatic heterocycles. The highest BCUT2D eigenvalue weighted by molar-refractivity contribution is 5.95. The van der Waals surface area contributed by atoms with Gasteiger partial charge in [-0.2, -0.15) is 0 Å². The Labute approximate surface area is 135 Å². The molecule has 0 atom stereocenters. The van der Waals surface area contributed by atoms with E-state index >= 15 is 0 Å². The van der Waals surface area contributed by atoms with E-state index in [0.717, 1.165) is 33.3 Å². The molecule has 1 heterocycles. The molecule has 3 aromatic rings.